The molecule has 1 aromatic carbocycles. The lowest BCUT2D eigenvalue weighted by molar-refractivity contribution is 0.0895. The molecular weight excluding hydrogens is 290 g/mol. The zero-order chi connectivity index (χ0) is 13.8. The third-order valence-electron chi connectivity index (χ3n) is 3.30. The molecule has 1 rings (SSSR count). The highest BCUT2D eigenvalue weighted by Gasteiger charge is 2.27. The monoisotopic (exact) mass is 308 g/mol. The van der Waals surface area contributed by atoms with Gasteiger partial charge in [-0.25, -0.2) is 4.39 Å². The van der Waals surface area contributed by atoms with Gasteiger partial charge in [0.1, 0.15) is 5.82 Å². The molecule has 19 heavy (non-hydrogen) atoms. The molecule has 0 aliphatic carbocycles. The number of hydrogen-bond acceptors (Lipinski definition) is 2. The first-order valence-corrected chi connectivity index (χ1v) is 6.33. The van der Waals surface area contributed by atoms with Crippen molar-refractivity contribution in [3.05, 3.63) is 34.6 Å². The Labute approximate surface area is 124 Å². The van der Waals surface area contributed by atoms with Crippen molar-refractivity contribution in [2.45, 2.75) is 32.2 Å². The maximum Gasteiger partial charge on any atom is 0.253 e. The molecule has 0 saturated heterocycles. The van der Waals surface area contributed by atoms with Crippen LogP contribution in [0.5, 0.6) is 0 Å². The maximum atomic E-state index is 12.9. The van der Waals surface area contributed by atoms with E-state index in [-0.39, 0.29) is 28.9 Å². The second kappa shape index (κ2) is 7.68. The van der Waals surface area contributed by atoms with Crippen LogP contribution in [-0.4, -0.2) is 18.0 Å². The van der Waals surface area contributed by atoms with Gasteiger partial charge in [0.05, 0.1) is 16.1 Å². The summed E-state index contributed by atoms with van der Waals surface area (Å²) in [6.45, 7) is 4.27. The Morgan fingerprint density at radius 2 is 2.00 bits per heavy atom. The number of carbonyl (C=O) groups is 1. The quantitative estimate of drug-likeness (QED) is 0.878. The van der Waals surface area contributed by atoms with Crippen molar-refractivity contribution in [1.82, 2.24) is 5.32 Å². The molecule has 3 N–H and O–H groups in total. The lowest BCUT2D eigenvalue weighted by Gasteiger charge is -2.31. The average Bonchev–Trinajstić information content (AvgIpc) is 2.36. The van der Waals surface area contributed by atoms with Crippen molar-refractivity contribution in [1.29, 1.82) is 0 Å². The number of hydrogen-bond donors (Lipinski definition) is 2. The van der Waals surface area contributed by atoms with Gasteiger partial charge in [-0.3, -0.25) is 4.79 Å². The maximum absolute atomic E-state index is 12.9. The van der Waals surface area contributed by atoms with Crippen molar-refractivity contribution >= 4 is 29.9 Å². The number of halogens is 3. The SMILES string of the molecule is CCC(CC)(CN)NC(=O)c1ccc(F)cc1Cl.Cl. The summed E-state index contributed by atoms with van der Waals surface area (Å²) in [7, 11) is 0. The van der Waals surface area contributed by atoms with E-state index >= 15 is 0 Å². The second-order valence-corrected chi connectivity index (χ2v) is 4.68. The Morgan fingerprint density at radius 3 is 2.42 bits per heavy atom. The van der Waals surface area contributed by atoms with Gasteiger partial charge in [0.15, 0.2) is 0 Å². The Kier molecular flexibility index (Phi) is 7.34. The standard InChI is InChI=1S/C13H18ClFN2O.ClH/c1-3-13(4-2,8-16)17-12(18)10-6-5-9(15)7-11(10)14;/h5-7H,3-4,8,16H2,1-2H3,(H,17,18);1H. The van der Waals surface area contributed by atoms with Crippen LogP contribution in [0.3, 0.4) is 0 Å². The Morgan fingerprint density at radius 1 is 1.42 bits per heavy atom. The summed E-state index contributed by atoms with van der Waals surface area (Å²) in [6, 6.07) is 3.71. The van der Waals surface area contributed by atoms with Gasteiger partial charge < -0.3 is 11.1 Å². The molecule has 0 aromatic heterocycles. The first kappa shape index (κ1) is 18.2. The van der Waals surface area contributed by atoms with Crippen LogP contribution in [0.15, 0.2) is 18.2 Å². The average molecular weight is 309 g/mol. The summed E-state index contributed by atoms with van der Waals surface area (Å²) in [5, 5.41) is 2.99. The molecule has 0 radical (unpaired) electrons. The minimum atomic E-state index is -0.465. The number of nitrogens with two attached hydrogens (primary N) is 1. The molecule has 1 aromatic rings. The summed E-state index contributed by atoms with van der Waals surface area (Å²) in [5.74, 6) is -0.790. The molecule has 0 bridgehead atoms. The van der Waals surface area contributed by atoms with E-state index in [0.29, 0.717) is 6.54 Å². The van der Waals surface area contributed by atoms with Crippen LogP contribution in [0.25, 0.3) is 0 Å². The Balaban J connectivity index is 0.00000324. The number of carbonyl (C=O) groups excluding carboxylic acids is 1. The normalized spacial score (nSPS) is 10.8. The van der Waals surface area contributed by atoms with Gasteiger partial charge in [0.25, 0.3) is 5.91 Å². The fourth-order valence-electron chi connectivity index (χ4n) is 1.75. The van der Waals surface area contributed by atoms with Crippen LogP contribution in [0.2, 0.25) is 5.02 Å². The molecule has 3 nitrogen and oxygen atoms in total. The minimum absolute atomic E-state index is 0. The van der Waals surface area contributed by atoms with Gasteiger partial charge in [0.2, 0.25) is 0 Å². The molecule has 108 valence electrons. The molecule has 0 atom stereocenters. The lowest BCUT2D eigenvalue weighted by Crippen LogP contribution is -2.52. The van der Waals surface area contributed by atoms with Gasteiger partial charge in [0, 0.05) is 6.54 Å². The van der Waals surface area contributed by atoms with Crippen molar-refractivity contribution in [2.75, 3.05) is 6.54 Å². The zero-order valence-electron chi connectivity index (χ0n) is 11.0. The fourth-order valence-corrected chi connectivity index (χ4v) is 2.00. The molecule has 0 saturated carbocycles. The van der Waals surface area contributed by atoms with E-state index in [9.17, 15) is 9.18 Å². The van der Waals surface area contributed by atoms with Crippen LogP contribution < -0.4 is 11.1 Å². The summed E-state index contributed by atoms with van der Waals surface area (Å²) in [4.78, 5) is 12.1. The molecule has 0 spiro atoms. The van der Waals surface area contributed by atoms with Crippen LogP contribution in [0, 0.1) is 5.82 Å². The smallest absolute Gasteiger partial charge is 0.253 e. The zero-order valence-corrected chi connectivity index (χ0v) is 12.6. The second-order valence-electron chi connectivity index (χ2n) is 4.27. The number of benzene rings is 1. The number of nitrogens with one attached hydrogen (secondary N) is 1. The molecule has 6 heteroatoms. The van der Waals surface area contributed by atoms with E-state index in [1.54, 1.807) is 0 Å². The minimum Gasteiger partial charge on any atom is -0.345 e. The summed E-state index contributed by atoms with van der Waals surface area (Å²) in [6.07, 6.45) is 1.45. The van der Waals surface area contributed by atoms with E-state index < -0.39 is 11.4 Å². The predicted octanol–water partition coefficient (Wildman–Crippen LogP) is 3.15. The summed E-state index contributed by atoms with van der Waals surface area (Å²) >= 11 is 5.85. The van der Waals surface area contributed by atoms with Crippen molar-refractivity contribution in [2.24, 2.45) is 5.73 Å². The van der Waals surface area contributed by atoms with Crippen molar-refractivity contribution < 1.29 is 9.18 Å². The summed E-state index contributed by atoms with van der Waals surface area (Å²) in [5.41, 5.74) is 5.54. The highest BCUT2D eigenvalue weighted by atomic mass is 35.5. The topological polar surface area (TPSA) is 55.1 Å². The molecule has 1 amide bonds. The molecule has 0 heterocycles. The summed E-state index contributed by atoms with van der Waals surface area (Å²) < 4.78 is 12.9. The van der Waals surface area contributed by atoms with Crippen LogP contribution >= 0.6 is 24.0 Å². The largest absolute Gasteiger partial charge is 0.345 e. The van der Waals surface area contributed by atoms with Gasteiger partial charge in [-0.2, -0.15) is 0 Å². The van der Waals surface area contributed by atoms with E-state index in [2.05, 4.69) is 5.32 Å². The number of amides is 1. The Bertz CT molecular complexity index is 428. The fraction of sp³-hybridized carbons (Fsp3) is 0.462. The van der Waals surface area contributed by atoms with Crippen molar-refractivity contribution in [3.63, 3.8) is 0 Å². The molecule has 0 unspecified atom stereocenters. The molecule has 0 fully saturated rings. The highest BCUT2D eigenvalue weighted by molar-refractivity contribution is 6.33. The predicted molar refractivity (Wildman–Crippen MR) is 78.5 cm³/mol. The van der Waals surface area contributed by atoms with Crippen molar-refractivity contribution in [3.8, 4) is 0 Å². The Hall–Kier alpha value is -0.840. The van der Waals surface area contributed by atoms with Gasteiger partial charge in [-0.1, -0.05) is 25.4 Å². The van der Waals surface area contributed by atoms with E-state index in [0.717, 1.165) is 18.9 Å². The lowest BCUT2D eigenvalue weighted by atomic mass is 9.92. The number of rotatable bonds is 5. The third kappa shape index (κ3) is 4.34. The third-order valence-corrected chi connectivity index (χ3v) is 3.61. The van der Waals surface area contributed by atoms with E-state index in [1.165, 1.54) is 12.1 Å². The van der Waals surface area contributed by atoms with Gasteiger partial charge >= 0.3 is 0 Å². The van der Waals surface area contributed by atoms with E-state index in [1.807, 2.05) is 13.8 Å². The van der Waals surface area contributed by atoms with Crippen LogP contribution in [-0.2, 0) is 0 Å². The molecule has 0 aliphatic heterocycles. The van der Waals surface area contributed by atoms with E-state index in [4.69, 9.17) is 17.3 Å². The first-order chi connectivity index (χ1) is 8.48. The molecular formula is C13H19Cl2FN2O. The highest BCUT2D eigenvalue weighted by Crippen LogP contribution is 2.20. The van der Waals surface area contributed by atoms with Gasteiger partial charge in [-0.15, -0.1) is 12.4 Å². The van der Waals surface area contributed by atoms with Crippen LogP contribution in [0.4, 0.5) is 4.39 Å². The van der Waals surface area contributed by atoms with Crippen LogP contribution in [0.1, 0.15) is 37.0 Å². The van der Waals surface area contributed by atoms with Gasteiger partial charge in [-0.05, 0) is 31.0 Å². The molecule has 0 aliphatic rings. The first-order valence-electron chi connectivity index (χ1n) is 5.95.